The van der Waals surface area contributed by atoms with Crippen LogP contribution in [0, 0.1) is 12.8 Å². The van der Waals surface area contributed by atoms with E-state index in [2.05, 4.69) is 37.5 Å². The first kappa shape index (κ1) is 19.4. The van der Waals surface area contributed by atoms with Crippen LogP contribution in [-0.2, 0) is 0 Å². The van der Waals surface area contributed by atoms with Crippen molar-refractivity contribution in [2.75, 3.05) is 10.6 Å². The molecule has 0 atom stereocenters. The van der Waals surface area contributed by atoms with Crippen LogP contribution >= 0.6 is 0 Å². The van der Waals surface area contributed by atoms with Crippen LogP contribution in [0.1, 0.15) is 38.3 Å². The van der Waals surface area contributed by atoms with Gasteiger partial charge in [0.15, 0.2) is 5.65 Å². The van der Waals surface area contributed by atoms with Crippen molar-refractivity contribution >= 4 is 23.2 Å². The number of aryl methyl sites for hydroxylation is 1. The summed E-state index contributed by atoms with van der Waals surface area (Å²) in [6, 6.07) is 10.3. The molecule has 1 fully saturated rings. The number of pyridine rings is 1. The molecule has 0 unspecified atom stereocenters. The second-order valence-corrected chi connectivity index (χ2v) is 8.32. The molecule has 0 aromatic carbocycles. The van der Waals surface area contributed by atoms with E-state index in [0.717, 1.165) is 40.2 Å². The van der Waals surface area contributed by atoms with Gasteiger partial charge in [-0.15, -0.1) is 5.10 Å². The third-order valence-corrected chi connectivity index (χ3v) is 5.81. The lowest BCUT2D eigenvalue weighted by Crippen LogP contribution is -2.25. The van der Waals surface area contributed by atoms with Crippen molar-refractivity contribution in [1.29, 1.82) is 0 Å². The van der Waals surface area contributed by atoms with Crippen molar-refractivity contribution in [2.24, 2.45) is 5.92 Å². The first-order valence-corrected chi connectivity index (χ1v) is 10.8. The molecule has 0 saturated heterocycles. The number of hydrogen-bond donors (Lipinski definition) is 2. The van der Waals surface area contributed by atoms with Crippen molar-refractivity contribution in [2.45, 2.75) is 45.6 Å². The zero-order chi connectivity index (χ0) is 21.2. The Bertz CT molecular complexity index is 1180. The molecule has 0 aliphatic heterocycles. The van der Waals surface area contributed by atoms with Crippen molar-refractivity contribution in [3.8, 4) is 11.3 Å². The van der Waals surface area contributed by atoms with E-state index in [4.69, 9.17) is 5.10 Å². The lowest BCUT2D eigenvalue weighted by Gasteiger charge is -2.27. The van der Waals surface area contributed by atoms with Crippen LogP contribution in [-0.4, -0.2) is 35.6 Å². The average molecular weight is 415 g/mol. The summed E-state index contributed by atoms with van der Waals surface area (Å²) < 4.78 is 1.85. The Morgan fingerprint density at radius 3 is 2.48 bits per heavy atom. The molecule has 1 saturated carbocycles. The minimum absolute atomic E-state index is 0.483. The van der Waals surface area contributed by atoms with Crippen molar-refractivity contribution in [3.63, 3.8) is 0 Å². The van der Waals surface area contributed by atoms with E-state index in [1.807, 2.05) is 48.0 Å². The number of nitrogens with one attached hydrogen (secondary N) is 2. The van der Waals surface area contributed by atoms with E-state index in [1.165, 1.54) is 25.7 Å². The van der Waals surface area contributed by atoms with Gasteiger partial charge in [-0.2, -0.15) is 0 Å². The van der Waals surface area contributed by atoms with Gasteiger partial charge in [0, 0.05) is 29.7 Å². The van der Waals surface area contributed by atoms with Gasteiger partial charge < -0.3 is 10.6 Å². The number of nitrogens with zero attached hydrogens (tertiary/aromatic N) is 6. The van der Waals surface area contributed by atoms with Crippen LogP contribution in [0.2, 0.25) is 0 Å². The molecular formula is C23H26N8. The van der Waals surface area contributed by atoms with Gasteiger partial charge in [0.05, 0.1) is 11.9 Å². The van der Waals surface area contributed by atoms with Crippen LogP contribution in [0.15, 0.2) is 48.9 Å². The van der Waals surface area contributed by atoms with E-state index in [1.54, 1.807) is 12.4 Å². The quantitative estimate of drug-likeness (QED) is 0.492. The second-order valence-electron chi connectivity index (χ2n) is 8.32. The number of fused-ring (bicyclic) bond motifs is 1. The van der Waals surface area contributed by atoms with Gasteiger partial charge in [0.2, 0.25) is 5.95 Å². The van der Waals surface area contributed by atoms with E-state index < -0.39 is 0 Å². The summed E-state index contributed by atoms with van der Waals surface area (Å²) in [5.74, 6) is 2.92. The number of rotatable bonds is 5. The molecule has 4 heterocycles. The van der Waals surface area contributed by atoms with Gasteiger partial charge in [-0.25, -0.2) is 24.5 Å². The van der Waals surface area contributed by atoms with E-state index in [-0.39, 0.29) is 0 Å². The van der Waals surface area contributed by atoms with Crippen LogP contribution in [0.25, 0.3) is 16.9 Å². The fourth-order valence-electron chi connectivity index (χ4n) is 4.01. The van der Waals surface area contributed by atoms with Crippen molar-refractivity contribution in [1.82, 2.24) is 29.5 Å². The topological polar surface area (TPSA) is 92.9 Å². The maximum Gasteiger partial charge on any atom is 0.228 e. The maximum atomic E-state index is 4.79. The zero-order valence-corrected chi connectivity index (χ0v) is 17.8. The highest BCUT2D eigenvalue weighted by molar-refractivity contribution is 5.63. The molecule has 1 aliphatic rings. The van der Waals surface area contributed by atoms with E-state index in [9.17, 15) is 0 Å². The predicted octanol–water partition coefficient (Wildman–Crippen LogP) is 4.62. The monoisotopic (exact) mass is 414 g/mol. The van der Waals surface area contributed by atoms with E-state index >= 15 is 0 Å². The summed E-state index contributed by atoms with van der Waals surface area (Å²) >= 11 is 0. The number of aromatic nitrogens is 6. The maximum absolute atomic E-state index is 4.79. The molecule has 0 spiro atoms. The lowest BCUT2D eigenvalue weighted by molar-refractivity contribution is 0.360. The van der Waals surface area contributed by atoms with Gasteiger partial charge in [-0.3, -0.25) is 0 Å². The Morgan fingerprint density at radius 1 is 0.903 bits per heavy atom. The molecule has 31 heavy (non-hydrogen) atoms. The molecule has 8 heteroatoms. The molecule has 2 N–H and O–H groups in total. The molecule has 4 aromatic heterocycles. The van der Waals surface area contributed by atoms with Crippen LogP contribution in [0.5, 0.6) is 0 Å². The van der Waals surface area contributed by atoms with Crippen molar-refractivity contribution in [3.05, 3.63) is 54.6 Å². The van der Waals surface area contributed by atoms with Gasteiger partial charge in [0.1, 0.15) is 11.6 Å². The zero-order valence-electron chi connectivity index (χ0n) is 17.8. The SMILES string of the molecule is Cc1cccc(Nc2ncc(-c3cnc4ccc(NC5CCC(C)CC5)nn34)cn2)n1. The Labute approximate surface area is 181 Å². The highest BCUT2D eigenvalue weighted by Crippen LogP contribution is 2.26. The molecule has 5 rings (SSSR count). The first-order chi connectivity index (χ1) is 15.1. The summed E-state index contributed by atoms with van der Waals surface area (Å²) in [5.41, 5.74) is 3.44. The minimum atomic E-state index is 0.483. The van der Waals surface area contributed by atoms with E-state index in [0.29, 0.717) is 12.0 Å². The van der Waals surface area contributed by atoms with Crippen molar-refractivity contribution < 1.29 is 0 Å². The van der Waals surface area contributed by atoms with Gasteiger partial charge in [0.25, 0.3) is 0 Å². The Hall–Kier alpha value is -3.55. The standard InChI is InChI=1S/C23H26N8/c1-15-6-8-18(9-7-15)28-21-10-11-22-24-14-19(31(22)30-21)17-12-25-23(26-13-17)29-20-5-3-4-16(2)27-20/h3-5,10-15,18H,6-9H2,1-2H3,(H,28,30)(H,25,26,27,29). The number of hydrogen-bond acceptors (Lipinski definition) is 7. The highest BCUT2D eigenvalue weighted by Gasteiger charge is 2.18. The highest BCUT2D eigenvalue weighted by atomic mass is 15.3. The Kier molecular flexibility index (Phi) is 5.19. The van der Waals surface area contributed by atoms with Gasteiger partial charge in [-0.05, 0) is 62.8 Å². The molecule has 8 nitrogen and oxygen atoms in total. The molecule has 158 valence electrons. The summed E-state index contributed by atoms with van der Waals surface area (Å²) in [6.45, 7) is 4.28. The fourth-order valence-corrected chi connectivity index (χ4v) is 4.01. The van der Waals surface area contributed by atoms with Crippen LogP contribution in [0.3, 0.4) is 0 Å². The molecule has 0 amide bonds. The number of anilines is 3. The van der Waals surface area contributed by atoms with Gasteiger partial charge in [-0.1, -0.05) is 13.0 Å². The molecule has 1 aliphatic carbocycles. The third kappa shape index (κ3) is 4.33. The molecule has 0 bridgehead atoms. The van der Waals surface area contributed by atoms with Crippen LogP contribution in [0.4, 0.5) is 17.6 Å². The largest absolute Gasteiger partial charge is 0.366 e. The first-order valence-electron chi connectivity index (χ1n) is 10.8. The summed E-state index contributed by atoms with van der Waals surface area (Å²) in [5, 5.41) is 11.5. The molecular weight excluding hydrogens is 388 g/mol. The third-order valence-electron chi connectivity index (χ3n) is 5.81. The Balaban J connectivity index is 1.35. The molecule has 0 radical (unpaired) electrons. The normalized spacial score (nSPS) is 18.8. The van der Waals surface area contributed by atoms with Crippen LogP contribution < -0.4 is 10.6 Å². The second kappa shape index (κ2) is 8.29. The average Bonchev–Trinajstić information content (AvgIpc) is 3.19. The number of imidazole rings is 1. The van der Waals surface area contributed by atoms with Gasteiger partial charge >= 0.3 is 0 Å². The minimum Gasteiger partial charge on any atom is -0.366 e. The fraction of sp³-hybridized carbons (Fsp3) is 0.348. The summed E-state index contributed by atoms with van der Waals surface area (Å²) in [6.07, 6.45) is 10.3. The lowest BCUT2D eigenvalue weighted by atomic mass is 9.87. The predicted molar refractivity (Wildman–Crippen MR) is 121 cm³/mol. The summed E-state index contributed by atoms with van der Waals surface area (Å²) in [4.78, 5) is 17.8. The smallest absolute Gasteiger partial charge is 0.228 e. The Morgan fingerprint density at radius 2 is 1.71 bits per heavy atom. The molecule has 4 aromatic rings. The summed E-state index contributed by atoms with van der Waals surface area (Å²) in [7, 11) is 0.